The molecule has 1 aliphatic carbocycles. The molecular weight excluding hydrogens is 662 g/mol. The van der Waals surface area contributed by atoms with Crippen molar-refractivity contribution in [2.24, 2.45) is 5.41 Å². The van der Waals surface area contributed by atoms with Gasteiger partial charge in [0.15, 0.2) is 5.82 Å². The number of alkyl halides is 2. The second kappa shape index (κ2) is 13.2. The third kappa shape index (κ3) is 6.34. The lowest BCUT2D eigenvalue weighted by Crippen LogP contribution is -2.53. The Kier molecular flexibility index (Phi) is 8.73. The van der Waals surface area contributed by atoms with Crippen LogP contribution in [0, 0.1) is 5.41 Å². The summed E-state index contributed by atoms with van der Waals surface area (Å²) in [5.74, 6) is 0.221. The summed E-state index contributed by atoms with van der Waals surface area (Å²) in [7, 11) is 0. The molecule has 5 aliphatic rings. The minimum Gasteiger partial charge on any atom is -0.391 e. The van der Waals surface area contributed by atoms with Gasteiger partial charge in [-0.05, 0) is 55.4 Å². The molecule has 51 heavy (non-hydrogen) atoms. The van der Waals surface area contributed by atoms with Crippen LogP contribution in [-0.2, 0) is 44.9 Å². The van der Waals surface area contributed by atoms with Crippen LogP contribution in [0.5, 0.6) is 0 Å². The van der Waals surface area contributed by atoms with E-state index < -0.39 is 18.4 Å². The van der Waals surface area contributed by atoms with E-state index in [0.29, 0.717) is 62.3 Å². The molecule has 3 amide bonds. The van der Waals surface area contributed by atoms with Crippen LogP contribution in [0.25, 0.3) is 11.1 Å². The highest BCUT2D eigenvalue weighted by molar-refractivity contribution is 5.85. The zero-order valence-electron chi connectivity index (χ0n) is 28.6. The van der Waals surface area contributed by atoms with Gasteiger partial charge in [0.05, 0.1) is 44.9 Å². The van der Waals surface area contributed by atoms with E-state index >= 15 is 0 Å². The topological polar surface area (TPSA) is 146 Å². The van der Waals surface area contributed by atoms with Crippen LogP contribution in [0.3, 0.4) is 0 Å². The summed E-state index contributed by atoms with van der Waals surface area (Å²) in [6.45, 7) is 5.34. The number of aliphatic hydroxyl groups excluding tert-OH is 1. The molecule has 0 bridgehead atoms. The van der Waals surface area contributed by atoms with Crippen molar-refractivity contribution < 1.29 is 33.0 Å². The van der Waals surface area contributed by atoms with E-state index in [4.69, 9.17) is 9.84 Å². The third-order valence-electron chi connectivity index (χ3n) is 11.2. The van der Waals surface area contributed by atoms with Gasteiger partial charge in [-0.25, -0.2) is 18.7 Å². The lowest BCUT2D eigenvalue weighted by atomic mass is 9.64. The molecule has 1 aromatic carbocycles. The lowest BCUT2D eigenvalue weighted by molar-refractivity contribution is -0.176. The fourth-order valence-corrected chi connectivity index (χ4v) is 8.30. The predicted molar refractivity (Wildman–Crippen MR) is 180 cm³/mol. The number of rotatable bonds is 8. The molecule has 6 heterocycles. The first-order chi connectivity index (χ1) is 24.6. The Bertz CT molecular complexity index is 1850. The van der Waals surface area contributed by atoms with Crippen LogP contribution in [-0.4, -0.2) is 104 Å². The molecular formula is C36H42F2N8O5. The number of aromatic nitrogens is 4. The number of fused-ring (bicyclic) bond motifs is 2. The predicted octanol–water partition coefficient (Wildman–Crippen LogP) is 2.87. The largest absolute Gasteiger partial charge is 0.391 e. The highest BCUT2D eigenvalue weighted by Gasteiger charge is 2.51. The molecule has 8 rings (SSSR count). The van der Waals surface area contributed by atoms with Crippen LogP contribution in [0.4, 0.5) is 20.3 Å². The number of benzene rings is 1. The Balaban J connectivity index is 1.03. The summed E-state index contributed by atoms with van der Waals surface area (Å²) in [6.07, 6.45) is 4.13. The van der Waals surface area contributed by atoms with Gasteiger partial charge in [-0.15, -0.1) is 0 Å². The number of ether oxygens (including phenoxy) is 1. The highest BCUT2D eigenvalue weighted by atomic mass is 19.3. The summed E-state index contributed by atoms with van der Waals surface area (Å²) in [5, 5.41) is 17.4. The quantitative estimate of drug-likeness (QED) is 0.362. The molecule has 2 aromatic heterocycles. The lowest BCUT2D eigenvalue weighted by Gasteiger charge is -2.53. The summed E-state index contributed by atoms with van der Waals surface area (Å²) in [5.41, 5.74) is 4.57. The molecule has 1 saturated carbocycles. The van der Waals surface area contributed by atoms with Crippen molar-refractivity contribution in [1.82, 2.24) is 34.9 Å². The third-order valence-corrected chi connectivity index (χ3v) is 11.2. The number of likely N-dealkylation sites (tertiary alicyclic amines) is 1. The van der Waals surface area contributed by atoms with Gasteiger partial charge in [0.2, 0.25) is 17.7 Å². The smallest absolute Gasteiger partial charge is 0.264 e. The van der Waals surface area contributed by atoms with E-state index in [1.165, 1.54) is 17.3 Å². The van der Waals surface area contributed by atoms with E-state index in [0.717, 1.165) is 55.1 Å². The molecule has 1 atom stereocenters. The number of carbonyl (C=O) groups is 3. The minimum absolute atomic E-state index is 0.000231. The average Bonchev–Trinajstić information content (AvgIpc) is 3.69. The van der Waals surface area contributed by atoms with Crippen molar-refractivity contribution in [3.05, 3.63) is 52.7 Å². The molecule has 15 heteroatoms. The molecule has 3 aromatic rings. The van der Waals surface area contributed by atoms with E-state index in [9.17, 15) is 28.3 Å². The average molecular weight is 705 g/mol. The Hall–Kier alpha value is -4.50. The molecule has 2 N–H and O–H groups in total. The zero-order chi connectivity index (χ0) is 35.4. The fourth-order valence-electron chi connectivity index (χ4n) is 8.30. The van der Waals surface area contributed by atoms with Crippen molar-refractivity contribution in [3.63, 3.8) is 0 Å². The molecule has 4 aliphatic heterocycles. The van der Waals surface area contributed by atoms with Crippen molar-refractivity contribution >= 4 is 29.2 Å². The van der Waals surface area contributed by atoms with Gasteiger partial charge in [-0.1, -0.05) is 0 Å². The number of carbonyl (C=O) groups excluding carboxylic acids is 3. The fraction of sp³-hybridized carbons (Fsp3) is 0.556. The van der Waals surface area contributed by atoms with Gasteiger partial charge in [-0.3, -0.25) is 19.1 Å². The summed E-state index contributed by atoms with van der Waals surface area (Å²) >= 11 is 0. The zero-order valence-corrected chi connectivity index (χ0v) is 28.6. The number of amides is 3. The van der Waals surface area contributed by atoms with Gasteiger partial charge < -0.3 is 29.9 Å². The number of nitrogens with zero attached hydrogens (tertiary/aromatic N) is 7. The normalized spacial score (nSPS) is 21.0. The van der Waals surface area contributed by atoms with E-state index in [1.807, 2.05) is 4.90 Å². The number of aryl methyl sites for hydroxylation is 1. The molecule has 3 fully saturated rings. The number of nitrogens with one attached hydrogen (secondary N) is 1. The van der Waals surface area contributed by atoms with Crippen LogP contribution < -0.4 is 10.2 Å². The van der Waals surface area contributed by atoms with Crippen molar-refractivity contribution in [2.75, 3.05) is 50.8 Å². The maximum Gasteiger partial charge on any atom is 0.264 e. The maximum absolute atomic E-state index is 14.8. The number of hydrogen-bond acceptors (Lipinski definition) is 9. The SMILES string of the molecule is CC(=O)N1CCc2c(c(N3CCCc4cc(-c5cnc(CC(=O)NCC(=O)N6CCC(O)C6)nc5)c(C(F)F)cc43)nn2C2CC3(COC3)C2)C1. The number of anilines is 2. The minimum atomic E-state index is -2.77. The first-order valence-electron chi connectivity index (χ1n) is 17.8. The van der Waals surface area contributed by atoms with Gasteiger partial charge >= 0.3 is 0 Å². The van der Waals surface area contributed by atoms with Crippen molar-refractivity contribution in [2.45, 2.75) is 77.0 Å². The van der Waals surface area contributed by atoms with Crippen molar-refractivity contribution in [3.8, 4) is 11.1 Å². The molecule has 0 radical (unpaired) electrons. The first kappa shape index (κ1) is 33.6. The summed E-state index contributed by atoms with van der Waals surface area (Å²) in [4.78, 5) is 51.2. The summed E-state index contributed by atoms with van der Waals surface area (Å²) < 4.78 is 37.3. The Morgan fingerprint density at radius 1 is 1.08 bits per heavy atom. The van der Waals surface area contributed by atoms with Gasteiger partial charge in [0.1, 0.15) is 5.82 Å². The molecule has 2 saturated heterocycles. The molecule has 1 unspecified atom stereocenters. The van der Waals surface area contributed by atoms with Crippen LogP contribution in [0.2, 0.25) is 0 Å². The standard InChI is InChI=1S/C36H42F2N8O5/c1-21(47)43-8-5-29-28(18-43)35(42-46(29)24-12-36(13-24)19-51-20-36)45-6-2-3-22-9-26(27(34(37)38)10-30(22)45)23-14-39-31(40-15-23)11-32(49)41-16-33(50)44-7-4-25(48)17-44/h9-10,14-15,24-25,34,48H,2-8,11-13,16-20H2,1H3,(H,41,49). The van der Waals surface area contributed by atoms with E-state index in [-0.39, 0.29) is 54.2 Å². The van der Waals surface area contributed by atoms with Crippen molar-refractivity contribution in [1.29, 1.82) is 0 Å². The monoisotopic (exact) mass is 704 g/mol. The maximum atomic E-state index is 14.8. The van der Waals surface area contributed by atoms with E-state index in [1.54, 1.807) is 19.1 Å². The Labute approximate surface area is 294 Å². The van der Waals surface area contributed by atoms with Crippen LogP contribution in [0.1, 0.15) is 73.3 Å². The number of hydrogen-bond donors (Lipinski definition) is 2. The molecule has 1 spiro atoms. The second-order valence-corrected chi connectivity index (χ2v) is 14.7. The number of halogens is 2. The van der Waals surface area contributed by atoms with Gasteiger partial charge in [0.25, 0.3) is 6.43 Å². The van der Waals surface area contributed by atoms with E-state index in [2.05, 4.69) is 24.9 Å². The number of aliphatic hydroxyl groups is 1. The Morgan fingerprint density at radius 2 is 1.86 bits per heavy atom. The van der Waals surface area contributed by atoms with Crippen LogP contribution >= 0.6 is 0 Å². The van der Waals surface area contributed by atoms with Crippen LogP contribution in [0.15, 0.2) is 24.5 Å². The van der Waals surface area contributed by atoms with Gasteiger partial charge in [0, 0.05) is 85.4 Å². The number of β-amino-alcohol motifs (C(OH)–C–C–N with tert-alkyl or cyclic N) is 1. The van der Waals surface area contributed by atoms with Gasteiger partial charge in [-0.2, -0.15) is 5.10 Å². The summed E-state index contributed by atoms with van der Waals surface area (Å²) in [6, 6.07) is 3.62. The Morgan fingerprint density at radius 3 is 2.53 bits per heavy atom. The second-order valence-electron chi connectivity index (χ2n) is 14.7. The first-order valence-corrected chi connectivity index (χ1v) is 17.8. The molecule has 13 nitrogen and oxygen atoms in total. The highest BCUT2D eigenvalue weighted by Crippen LogP contribution is 2.54. The molecule has 270 valence electrons.